The Bertz CT molecular complexity index is 1130. The van der Waals surface area contributed by atoms with Crippen molar-refractivity contribution < 1.29 is 14.3 Å². The maximum Gasteiger partial charge on any atom is 0.407 e. The molecule has 0 radical (unpaired) electrons. The minimum atomic E-state index is -0.526. The Hall–Kier alpha value is -2.72. The summed E-state index contributed by atoms with van der Waals surface area (Å²) in [6.07, 6.45) is 8.64. The largest absolute Gasteiger partial charge is 0.461 e. The normalized spacial score (nSPS) is 18.6. The minimum absolute atomic E-state index is 0.00208. The Kier molecular flexibility index (Phi) is 6.34. The summed E-state index contributed by atoms with van der Waals surface area (Å²) in [5, 5.41) is 3.32. The summed E-state index contributed by atoms with van der Waals surface area (Å²) in [4.78, 5) is 26.6. The topological polar surface area (TPSA) is 117 Å². The lowest BCUT2D eigenvalue weighted by atomic mass is 10.2. The molecule has 0 saturated heterocycles. The van der Waals surface area contributed by atoms with Crippen molar-refractivity contribution in [2.24, 2.45) is 0 Å². The van der Waals surface area contributed by atoms with Crippen LogP contribution in [0.3, 0.4) is 0 Å². The number of nitrogens with zero attached hydrogens (tertiary/aromatic N) is 4. The van der Waals surface area contributed by atoms with Crippen molar-refractivity contribution in [3.63, 3.8) is 0 Å². The smallest absolute Gasteiger partial charge is 0.407 e. The number of rotatable bonds is 5. The van der Waals surface area contributed by atoms with Crippen molar-refractivity contribution in [3.8, 4) is 6.01 Å². The van der Waals surface area contributed by atoms with E-state index in [0.717, 1.165) is 22.6 Å². The van der Waals surface area contributed by atoms with E-state index >= 15 is 0 Å². The number of hydrogen-bond donors (Lipinski definition) is 2. The SMILES string of the molecule is CC(C)(C)OC(=O)N[C@@H]1CC[C@@H](Oc2ncc(Sc3ccnc(N)c3Cl)c3nccn23)C1. The first-order chi connectivity index (χ1) is 15.2. The van der Waals surface area contributed by atoms with Crippen molar-refractivity contribution in [2.45, 2.75) is 67.6 Å². The number of amides is 1. The lowest BCUT2D eigenvalue weighted by Crippen LogP contribution is -2.38. The van der Waals surface area contributed by atoms with Gasteiger partial charge < -0.3 is 20.5 Å². The zero-order valence-corrected chi connectivity index (χ0v) is 19.6. The van der Waals surface area contributed by atoms with Crippen LogP contribution >= 0.6 is 23.4 Å². The zero-order chi connectivity index (χ0) is 22.9. The van der Waals surface area contributed by atoms with Crippen LogP contribution in [0.15, 0.2) is 40.6 Å². The van der Waals surface area contributed by atoms with Crippen molar-refractivity contribution >= 4 is 40.9 Å². The predicted molar refractivity (Wildman–Crippen MR) is 122 cm³/mol. The van der Waals surface area contributed by atoms with Gasteiger partial charge in [0.25, 0.3) is 0 Å². The lowest BCUT2D eigenvalue weighted by molar-refractivity contribution is 0.0502. The van der Waals surface area contributed by atoms with Crippen LogP contribution in [0.25, 0.3) is 5.65 Å². The second-order valence-corrected chi connectivity index (χ2v) is 9.99. The Balaban J connectivity index is 1.44. The molecule has 0 unspecified atom stereocenters. The molecule has 170 valence electrons. The van der Waals surface area contributed by atoms with Crippen LogP contribution in [0.1, 0.15) is 40.0 Å². The highest BCUT2D eigenvalue weighted by molar-refractivity contribution is 7.99. The van der Waals surface area contributed by atoms with Gasteiger partial charge in [-0.2, -0.15) is 0 Å². The van der Waals surface area contributed by atoms with Crippen molar-refractivity contribution in [2.75, 3.05) is 5.73 Å². The van der Waals surface area contributed by atoms with Gasteiger partial charge in [-0.25, -0.2) is 19.7 Å². The van der Waals surface area contributed by atoms with Gasteiger partial charge in [-0.05, 0) is 39.7 Å². The third-order valence-electron chi connectivity index (χ3n) is 4.84. The number of aromatic nitrogens is 4. The number of pyridine rings is 1. The van der Waals surface area contributed by atoms with Gasteiger partial charge in [-0.1, -0.05) is 23.4 Å². The summed E-state index contributed by atoms with van der Waals surface area (Å²) in [5.41, 5.74) is 5.98. The highest BCUT2D eigenvalue weighted by Gasteiger charge is 2.30. The predicted octanol–water partition coefficient (Wildman–Crippen LogP) is 4.34. The Morgan fingerprint density at radius 1 is 1.25 bits per heavy atom. The molecule has 0 bridgehead atoms. The van der Waals surface area contributed by atoms with Gasteiger partial charge in [0.1, 0.15) is 17.5 Å². The minimum Gasteiger partial charge on any atom is -0.461 e. The van der Waals surface area contributed by atoms with E-state index in [1.54, 1.807) is 35.3 Å². The molecule has 3 aromatic rings. The molecule has 3 N–H and O–H groups in total. The van der Waals surface area contributed by atoms with Gasteiger partial charge in [0.2, 0.25) is 0 Å². The van der Waals surface area contributed by atoms with E-state index in [0.29, 0.717) is 23.1 Å². The number of alkyl carbamates (subject to hydrolysis) is 1. The molecule has 4 rings (SSSR count). The van der Waals surface area contributed by atoms with E-state index in [1.165, 1.54) is 11.8 Å². The maximum atomic E-state index is 12.0. The first kappa shape index (κ1) is 22.5. The van der Waals surface area contributed by atoms with Gasteiger partial charge in [-0.3, -0.25) is 4.40 Å². The summed E-state index contributed by atoms with van der Waals surface area (Å²) >= 11 is 7.69. The third-order valence-corrected chi connectivity index (χ3v) is 6.41. The van der Waals surface area contributed by atoms with Gasteiger partial charge in [0.15, 0.2) is 5.65 Å². The summed E-state index contributed by atoms with van der Waals surface area (Å²) in [7, 11) is 0. The number of halogens is 1. The molecule has 1 saturated carbocycles. The number of imidazole rings is 1. The number of anilines is 1. The molecule has 9 nitrogen and oxygen atoms in total. The summed E-state index contributed by atoms with van der Waals surface area (Å²) in [6.45, 7) is 5.53. The molecule has 3 aromatic heterocycles. The number of nitrogens with two attached hydrogens (primary N) is 1. The average molecular weight is 477 g/mol. The number of fused-ring (bicyclic) bond motifs is 1. The number of carbonyl (C=O) groups excluding carboxylic acids is 1. The molecular formula is C21H25ClN6O3S. The average Bonchev–Trinajstić information content (AvgIpc) is 3.35. The number of ether oxygens (including phenoxy) is 2. The van der Waals surface area contributed by atoms with Gasteiger partial charge in [-0.15, -0.1) is 0 Å². The highest BCUT2D eigenvalue weighted by Crippen LogP contribution is 2.37. The van der Waals surface area contributed by atoms with E-state index in [9.17, 15) is 4.79 Å². The maximum absolute atomic E-state index is 12.0. The molecule has 0 aliphatic heterocycles. The molecule has 1 aliphatic rings. The Morgan fingerprint density at radius 3 is 2.84 bits per heavy atom. The summed E-state index contributed by atoms with van der Waals surface area (Å²) < 4.78 is 13.3. The van der Waals surface area contributed by atoms with Crippen molar-refractivity contribution in [1.82, 2.24) is 24.7 Å². The van der Waals surface area contributed by atoms with Crippen LogP contribution in [0.5, 0.6) is 6.01 Å². The lowest BCUT2D eigenvalue weighted by Gasteiger charge is -2.21. The van der Waals surface area contributed by atoms with Crippen molar-refractivity contribution in [1.29, 1.82) is 0 Å². The quantitative estimate of drug-likeness (QED) is 0.558. The van der Waals surface area contributed by atoms with Gasteiger partial charge >= 0.3 is 12.1 Å². The Morgan fingerprint density at radius 2 is 2.06 bits per heavy atom. The van der Waals surface area contributed by atoms with Crippen molar-refractivity contribution in [3.05, 3.63) is 35.9 Å². The zero-order valence-electron chi connectivity index (χ0n) is 18.0. The van der Waals surface area contributed by atoms with Crippen LogP contribution in [0.4, 0.5) is 10.6 Å². The van der Waals surface area contributed by atoms with E-state index in [2.05, 4.69) is 20.3 Å². The number of carbonyl (C=O) groups is 1. The van der Waals surface area contributed by atoms with E-state index < -0.39 is 11.7 Å². The molecular weight excluding hydrogens is 452 g/mol. The van der Waals surface area contributed by atoms with Crippen LogP contribution in [0, 0.1) is 0 Å². The summed E-state index contributed by atoms with van der Waals surface area (Å²) in [5.74, 6) is 0.278. The molecule has 1 amide bonds. The fourth-order valence-electron chi connectivity index (χ4n) is 3.47. The van der Waals surface area contributed by atoms with Crippen LogP contribution < -0.4 is 15.8 Å². The van der Waals surface area contributed by atoms with Crippen LogP contribution in [-0.4, -0.2) is 43.2 Å². The molecule has 1 fully saturated rings. The Labute approximate surface area is 195 Å². The second kappa shape index (κ2) is 9.03. The monoisotopic (exact) mass is 476 g/mol. The van der Waals surface area contributed by atoms with Crippen LogP contribution in [-0.2, 0) is 4.74 Å². The van der Waals surface area contributed by atoms with Gasteiger partial charge in [0.05, 0.1) is 16.1 Å². The van der Waals surface area contributed by atoms with E-state index in [4.69, 9.17) is 26.8 Å². The molecule has 0 aromatic carbocycles. The number of hydrogen-bond acceptors (Lipinski definition) is 8. The molecule has 11 heteroatoms. The molecule has 3 heterocycles. The van der Waals surface area contributed by atoms with Gasteiger partial charge in [0, 0.05) is 35.9 Å². The van der Waals surface area contributed by atoms with Crippen LogP contribution in [0.2, 0.25) is 5.02 Å². The second-order valence-electron chi connectivity index (χ2n) is 8.53. The number of nitrogen functional groups attached to an aromatic ring is 1. The summed E-state index contributed by atoms with van der Waals surface area (Å²) in [6, 6.07) is 2.25. The molecule has 0 spiro atoms. The third kappa shape index (κ3) is 5.18. The first-order valence-electron chi connectivity index (χ1n) is 10.3. The highest BCUT2D eigenvalue weighted by atomic mass is 35.5. The first-order valence-corrected chi connectivity index (χ1v) is 11.4. The molecule has 2 atom stereocenters. The van der Waals surface area contributed by atoms with E-state index in [-0.39, 0.29) is 18.0 Å². The number of nitrogens with one attached hydrogen (secondary N) is 1. The fraction of sp³-hybridized carbons (Fsp3) is 0.429. The molecule has 32 heavy (non-hydrogen) atoms. The standard InChI is InChI=1S/C21H25ClN6O3S/c1-21(2,3)31-20(29)27-12-4-5-13(10-12)30-19-26-11-15(18-25-8-9-28(18)19)32-14-6-7-24-17(23)16(14)22/h6-9,11-13H,4-5,10H2,1-3H3,(H2,23,24)(H,27,29)/t12-,13-/m1/s1. The fourth-order valence-corrected chi connectivity index (χ4v) is 4.61. The van der Waals surface area contributed by atoms with E-state index in [1.807, 2.05) is 20.8 Å². The molecule has 1 aliphatic carbocycles.